The molecule has 28 heavy (non-hydrogen) atoms. The van der Waals surface area contributed by atoms with Gasteiger partial charge in [0.25, 0.3) is 11.6 Å². The van der Waals surface area contributed by atoms with Crippen LogP contribution in [0.15, 0.2) is 17.0 Å². The van der Waals surface area contributed by atoms with E-state index in [1.807, 2.05) is 0 Å². The van der Waals surface area contributed by atoms with Gasteiger partial charge in [-0.25, -0.2) is 0 Å². The van der Waals surface area contributed by atoms with Crippen molar-refractivity contribution in [3.05, 3.63) is 33.4 Å². The van der Waals surface area contributed by atoms with Crippen molar-refractivity contribution < 1.29 is 32.4 Å². The number of nitrogens with one attached hydrogen (secondary N) is 1. The van der Waals surface area contributed by atoms with Crippen LogP contribution in [0.2, 0.25) is 0 Å². The first kappa shape index (κ1) is 22.4. The minimum Gasteiger partial charge on any atom is -0.350 e. The molecule has 1 aromatic carbocycles. The number of alkyl halides is 3. The highest BCUT2D eigenvalue weighted by atomic mass is 32.2. The van der Waals surface area contributed by atoms with E-state index in [0.29, 0.717) is 12.1 Å². The van der Waals surface area contributed by atoms with Gasteiger partial charge in [0.2, 0.25) is 0 Å². The van der Waals surface area contributed by atoms with Crippen molar-refractivity contribution in [3.63, 3.8) is 0 Å². The lowest BCUT2D eigenvalue weighted by Gasteiger charge is -2.43. The van der Waals surface area contributed by atoms with E-state index in [-0.39, 0.29) is 4.90 Å². The molecule has 7 nitrogen and oxygen atoms in total. The van der Waals surface area contributed by atoms with Crippen molar-refractivity contribution in [2.75, 3.05) is 0 Å². The zero-order valence-corrected chi connectivity index (χ0v) is 16.7. The third kappa shape index (κ3) is 4.95. The number of rotatable bonds is 6. The number of nitro groups is 1. The van der Waals surface area contributed by atoms with Gasteiger partial charge in [-0.1, -0.05) is 0 Å². The molecule has 1 amide bonds. The van der Waals surface area contributed by atoms with Crippen molar-refractivity contribution >= 4 is 23.4 Å². The van der Waals surface area contributed by atoms with Crippen LogP contribution in [0.25, 0.3) is 0 Å². The SMILES string of the molecule is CC(C)NC(=O)c1cc([N+](=O)[O-])c(SC(C)(C)C2OC(C)O2)cc1C(F)(F)F. The van der Waals surface area contributed by atoms with Crippen LogP contribution in [0, 0.1) is 10.1 Å². The van der Waals surface area contributed by atoms with Gasteiger partial charge in [-0.05, 0) is 40.7 Å². The van der Waals surface area contributed by atoms with E-state index < -0.39 is 57.2 Å². The Hall–Kier alpha value is -1.85. The number of carbonyl (C=O) groups is 1. The first-order valence-electron chi connectivity index (χ1n) is 8.42. The summed E-state index contributed by atoms with van der Waals surface area (Å²) in [6, 6.07) is 0.877. The number of nitrogens with zero attached hydrogens (tertiary/aromatic N) is 1. The molecule has 0 radical (unpaired) electrons. The number of ether oxygens (including phenoxy) is 2. The monoisotopic (exact) mass is 422 g/mol. The second-order valence-corrected chi connectivity index (χ2v) is 8.82. The third-order valence-corrected chi connectivity index (χ3v) is 5.10. The smallest absolute Gasteiger partial charge is 0.350 e. The summed E-state index contributed by atoms with van der Waals surface area (Å²) >= 11 is 0.828. The Morgan fingerprint density at radius 3 is 2.29 bits per heavy atom. The molecule has 0 saturated carbocycles. The quantitative estimate of drug-likeness (QED) is 0.417. The van der Waals surface area contributed by atoms with Gasteiger partial charge in [0.1, 0.15) is 0 Å². The molecule has 0 atom stereocenters. The zero-order chi connectivity index (χ0) is 21.4. The fourth-order valence-electron chi connectivity index (χ4n) is 2.57. The van der Waals surface area contributed by atoms with Crippen molar-refractivity contribution in [1.82, 2.24) is 5.32 Å². The van der Waals surface area contributed by atoms with Crippen molar-refractivity contribution in [1.29, 1.82) is 0 Å². The van der Waals surface area contributed by atoms with E-state index in [4.69, 9.17) is 9.47 Å². The van der Waals surface area contributed by atoms with Crippen LogP contribution in [-0.4, -0.2) is 34.2 Å². The summed E-state index contributed by atoms with van der Waals surface area (Å²) in [5.74, 6) is -1.03. The summed E-state index contributed by atoms with van der Waals surface area (Å²) < 4.78 is 50.6. The molecular formula is C17H21F3N2O5S. The van der Waals surface area contributed by atoms with Crippen LogP contribution < -0.4 is 5.32 Å². The maximum atomic E-state index is 13.6. The molecule has 11 heteroatoms. The zero-order valence-electron chi connectivity index (χ0n) is 15.9. The Balaban J connectivity index is 2.53. The number of halogens is 3. The average molecular weight is 422 g/mol. The van der Waals surface area contributed by atoms with Crippen LogP contribution in [0.4, 0.5) is 18.9 Å². The number of amides is 1. The second-order valence-electron chi connectivity index (χ2n) is 7.13. The highest BCUT2D eigenvalue weighted by Gasteiger charge is 2.44. The molecular weight excluding hydrogens is 401 g/mol. The molecule has 1 aromatic rings. The van der Waals surface area contributed by atoms with Gasteiger partial charge in [-0.2, -0.15) is 13.2 Å². The molecule has 1 aliphatic heterocycles. The maximum absolute atomic E-state index is 13.6. The van der Waals surface area contributed by atoms with E-state index in [2.05, 4.69) is 5.32 Å². The maximum Gasteiger partial charge on any atom is 0.417 e. The van der Waals surface area contributed by atoms with E-state index in [9.17, 15) is 28.1 Å². The van der Waals surface area contributed by atoms with E-state index in [1.54, 1.807) is 34.6 Å². The number of hydrogen-bond donors (Lipinski definition) is 1. The molecule has 0 aromatic heterocycles. The fraction of sp³-hybridized carbons (Fsp3) is 0.588. The van der Waals surface area contributed by atoms with E-state index >= 15 is 0 Å². The van der Waals surface area contributed by atoms with Crippen LogP contribution in [-0.2, 0) is 15.7 Å². The Bertz CT molecular complexity index is 777. The fourth-order valence-corrected chi connectivity index (χ4v) is 3.76. The average Bonchev–Trinajstić information content (AvgIpc) is 2.49. The number of hydrogen-bond acceptors (Lipinski definition) is 6. The number of thioether (sulfide) groups is 1. The lowest BCUT2D eigenvalue weighted by molar-refractivity contribution is -0.388. The molecule has 1 fully saturated rings. The van der Waals surface area contributed by atoms with Crippen molar-refractivity contribution in [3.8, 4) is 0 Å². The summed E-state index contributed by atoms with van der Waals surface area (Å²) in [5.41, 5.74) is -2.62. The summed E-state index contributed by atoms with van der Waals surface area (Å²) in [6.07, 6.45) is -6.05. The van der Waals surface area contributed by atoms with E-state index in [0.717, 1.165) is 11.8 Å². The summed E-state index contributed by atoms with van der Waals surface area (Å²) in [7, 11) is 0. The van der Waals surface area contributed by atoms with Crippen molar-refractivity contribution in [2.24, 2.45) is 0 Å². The minimum absolute atomic E-state index is 0.227. The minimum atomic E-state index is -4.86. The molecule has 2 rings (SSSR count). The first-order chi connectivity index (χ1) is 12.7. The Morgan fingerprint density at radius 2 is 1.86 bits per heavy atom. The Kier molecular flexibility index (Phi) is 6.31. The molecule has 0 spiro atoms. The number of nitro benzene ring substituents is 1. The molecule has 1 heterocycles. The second kappa shape index (κ2) is 7.88. The van der Waals surface area contributed by atoms with Gasteiger partial charge in [-0.3, -0.25) is 14.9 Å². The number of benzene rings is 1. The van der Waals surface area contributed by atoms with Crippen LogP contribution in [0.5, 0.6) is 0 Å². The summed E-state index contributed by atoms with van der Waals surface area (Å²) in [6.45, 7) is 8.09. The predicted molar refractivity (Wildman–Crippen MR) is 96.1 cm³/mol. The van der Waals surface area contributed by atoms with Gasteiger partial charge >= 0.3 is 6.18 Å². The normalized spacial score (nSPS) is 20.0. The van der Waals surface area contributed by atoms with Gasteiger partial charge in [0.15, 0.2) is 12.6 Å². The standard InChI is InChI=1S/C17H21F3N2O5S/c1-8(2)21-14(23)10-6-12(22(24)25)13(7-11(10)17(18,19)20)28-16(4,5)15-26-9(3)27-15/h6-9,15H,1-5H3,(H,21,23). The van der Waals surface area contributed by atoms with Crippen LogP contribution in [0.3, 0.4) is 0 Å². The van der Waals surface area contributed by atoms with Crippen LogP contribution >= 0.6 is 11.8 Å². The largest absolute Gasteiger partial charge is 0.417 e. The summed E-state index contributed by atoms with van der Waals surface area (Å²) in [5, 5.41) is 13.8. The Morgan fingerprint density at radius 1 is 1.29 bits per heavy atom. The van der Waals surface area contributed by atoms with Gasteiger partial charge < -0.3 is 14.8 Å². The topological polar surface area (TPSA) is 90.7 Å². The van der Waals surface area contributed by atoms with Gasteiger partial charge in [0.05, 0.1) is 25.7 Å². The lowest BCUT2D eigenvalue weighted by Crippen LogP contribution is -2.50. The molecule has 156 valence electrons. The molecule has 0 aliphatic carbocycles. The first-order valence-corrected chi connectivity index (χ1v) is 9.24. The van der Waals surface area contributed by atoms with E-state index in [1.165, 1.54) is 0 Å². The molecule has 1 N–H and O–H groups in total. The Labute approximate surface area is 164 Å². The van der Waals surface area contributed by atoms with Crippen LogP contribution in [0.1, 0.15) is 50.5 Å². The van der Waals surface area contributed by atoms with Gasteiger partial charge in [-0.15, -0.1) is 11.8 Å². The number of carbonyl (C=O) groups excluding carboxylic acids is 1. The summed E-state index contributed by atoms with van der Waals surface area (Å²) in [4.78, 5) is 22.7. The predicted octanol–water partition coefficient (Wildman–Crippen LogP) is 4.34. The lowest BCUT2D eigenvalue weighted by atomic mass is 10.0. The van der Waals surface area contributed by atoms with Gasteiger partial charge in [0, 0.05) is 12.1 Å². The molecule has 0 unspecified atom stereocenters. The molecule has 1 aliphatic rings. The van der Waals surface area contributed by atoms with Crippen molar-refractivity contribution in [2.45, 2.75) is 69.1 Å². The molecule has 0 bridgehead atoms. The highest BCUT2D eigenvalue weighted by molar-refractivity contribution is 8.00. The molecule has 1 saturated heterocycles. The highest BCUT2D eigenvalue weighted by Crippen LogP contribution is 2.46. The third-order valence-electron chi connectivity index (χ3n) is 3.84.